The number of thiol groups is 1. The van der Waals surface area contributed by atoms with Gasteiger partial charge in [-0.2, -0.15) is 0 Å². The van der Waals surface area contributed by atoms with E-state index in [2.05, 4.69) is 19.2 Å². The van der Waals surface area contributed by atoms with Crippen molar-refractivity contribution in [3.63, 3.8) is 0 Å². The Hall–Kier alpha value is -0.240. The van der Waals surface area contributed by atoms with Crippen molar-refractivity contribution in [1.82, 2.24) is 0 Å². The molecule has 1 nitrogen and oxygen atoms in total. The Balaban J connectivity index is 3.32. The molecule has 0 spiro atoms. The first-order chi connectivity index (χ1) is 3.13. The standard InChI is InChI=1S/C5H8OS/c1-4(2)3-5(6)7/h1,3H2,2H3,(H,6,7). The normalized spacial score (nSPS) is 8.29. The highest BCUT2D eigenvalue weighted by molar-refractivity contribution is 7.96. The maximum absolute atomic E-state index is 10.1. The molecule has 0 aliphatic rings. The third kappa shape index (κ3) is 5.76. The average Bonchev–Trinajstić information content (AvgIpc) is 1.27. The van der Waals surface area contributed by atoms with Gasteiger partial charge in [0, 0.05) is 6.42 Å². The topological polar surface area (TPSA) is 17.1 Å². The Morgan fingerprint density at radius 3 is 2.29 bits per heavy atom. The quantitative estimate of drug-likeness (QED) is 0.426. The molecule has 0 saturated carbocycles. The molecule has 0 radical (unpaired) electrons. The second kappa shape index (κ2) is 2.86. The summed E-state index contributed by atoms with van der Waals surface area (Å²) < 4.78 is 0. The molecule has 7 heavy (non-hydrogen) atoms. The first-order valence-electron chi connectivity index (χ1n) is 1.99. The lowest BCUT2D eigenvalue weighted by Gasteiger charge is -1.86. The third-order valence-corrected chi connectivity index (χ3v) is 0.611. The van der Waals surface area contributed by atoms with E-state index in [4.69, 9.17) is 0 Å². The molecule has 2 heteroatoms. The molecule has 0 fully saturated rings. The van der Waals surface area contributed by atoms with Crippen LogP contribution in [-0.2, 0) is 4.79 Å². The summed E-state index contributed by atoms with van der Waals surface area (Å²) in [6.45, 7) is 5.33. The molecular weight excluding hydrogens is 108 g/mol. The zero-order valence-corrected chi connectivity index (χ0v) is 5.16. The average molecular weight is 116 g/mol. The van der Waals surface area contributed by atoms with Gasteiger partial charge in [0.1, 0.15) is 0 Å². The fourth-order valence-electron chi connectivity index (χ4n) is 0.258. The zero-order chi connectivity index (χ0) is 5.86. The number of carbonyl (C=O) groups excluding carboxylic acids is 1. The smallest absolute Gasteiger partial charge is 0.189 e. The summed E-state index contributed by atoms with van der Waals surface area (Å²) in [7, 11) is 0. The van der Waals surface area contributed by atoms with E-state index in [-0.39, 0.29) is 5.12 Å². The van der Waals surface area contributed by atoms with Gasteiger partial charge < -0.3 is 0 Å². The number of hydrogen-bond donors (Lipinski definition) is 1. The summed E-state index contributed by atoms with van der Waals surface area (Å²) in [6, 6.07) is 0. The van der Waals surface area contributed by atoms with Gasteiger partial charge in [-0.1, -0.05) is 12.2 Å². The van der Waals surface area contributed by atoms with Gasteiger partial charge in [0.25, 0.3) is 0 Å². The van der Waals surface area contributed by atoms with Crippen molar-refractivity contribution in [1.29, 1.82) is 0 Å². The summed E-state index contributed by atoms with van der Waals surface area (Å²) in [6.07, 6.45) is 0.392. The molecular formula is C5H8OS. The molecule has 0 heterocycles. The largest absolute Gasteiger partial charge is 0.287 e. The number of allylic oxidation sites excluding steroid dienone is 1. The third-order valence-electron chi connectivity index (χ3n) is 0.453. The van der Waals surface area contributed by atoms with Gasteiger partial charge in [-0.05, 0) is 6.92 Å². The minimum atomic E-state index is -0.118. The molecule has 0 bridgehead atoms. The molecule has 0 saturated heterocycles. The second-order valence-electron chi connectivity index (χ2n) is 1.53. The lowest BCUT2D eigenvalue weighted by Crippen LogP contribution is -1.83. The van der Waals surface area contributed by atoms with Crippen LogP contribution in [0, 0.1) is 0 Å². The van der Waals surface area contributed by atoms with Crippen molar-refractivity contribution >= 4 is 17.7 Å². The molecule has 0 aliphatic heterocycles. The van der Waals surface area contributed by atoms with E-state index in [1.165, 1.54) is 0 Å². The van der Waals surface area contributed by atoms with E-state index in [1.54, 1.807) is 6.92 Å². The predicted molar refractivity (Wildman–Crippen MR) is 33.4 cm³/mol. The fourth-order valence-corrected chi connectivity index (χ4v) is 0.528. The van der Waals surface area contributed by atoms with Crippen molar-refractivity contribution in [2.24, 2.45) is 0 Å². The molecule has 0 aromatic heterocycles. The lowest BCUT2D eigenvalue weighted by atomic mass is 10.3. The van der Waals surface area contributed by atoms with Crippen molar-refractivity contribution in [2.75, 3.05) is 0 Å². The Morgan fingerprint density at radius 2 is 2.29 bits per heavy atom. The number of carbonyl (C=O) groups is 1. The van der Waals surface area contributed by atoms with Crippen molar-refractivity contribution in [3.05, 3.63) is 12.2 Å². The van der Waals surface area contributed by atoms with E-state index in [9.17, 15) is 4.79 Å². The van der Waals surface area contributed by atoms with Crippen LogP contribution in [0.5, 0.6) is 0 Å². The highest BCUT2D eigenvalue weighted by atomic mass is 32.1. The Labute approximate surface area is 48.8 Å². The maximum Gasteiger partial charge on any atom is 0.189 e. The van der Waals surface area contributed by atoms with E-state index in [0.29, 0.717) is 6.42 Å². The molecule has 0 rings (SSSR count). The molecule has 0 aliphatic carbocycles. The van der Waals surface area contributed by atoms with Crippen LogP contribution in [0.4, 0.5) is 0 Å². The van der Waals surface area contributed by atoms with Gasteiger partial charge in [0.15, 0.2) is 5.12 Å². The van der Waals surface area contributed by atoms with Gasteiger partial charge in [-0.15, -0.1) is 12.6 Å². The van der Waals surface area contributed by atoms with Crippen molar-refractivity contribution < 1.29 is 4.79 Å². The van der Waals surface area contributed by atoms with E-state index in [0.717, 1.165) is 5.57 Å². The molecule has 0 N–H and O–H groups in total. The molecule has 0 unspecified atom stereocenters. The first kappa shape index (κ1) is 6.76. The summed E-state index contributed by atoms with van der Waals surface area (Å²) in [5, 5.41) is -0.118. The van der Waals surface area contributed by atoms with E-state index in [1.807, 2.05) is 0 Å². The van der Waals surface area contributed by atoms with Gasteiger partial charge in [-0.25, -0.2) is 0 Å². The fraction of sp³-hybridized carbons (Fsp3) is 0.400. The monoisotopic (exact) mass is 116 g/mol. The zero-order valence-electron chi connectivity index (χ0n) is 4.27. The molecule has 0 atom stereocenters. The lowest BCUT2D eigenvalue weighted by molar-refractivity contribution is -0.110. The van der Waals surface area contributed by atoms with Gasteiger partial charge in [-0.3, -0.25) is 4.79 Å². The van der Waals surface area contributed by atoms with Crippen LogP contribution >= 0.6 is 12.6 Å². The summed E-state index contributed by atoms with van der Waals surface area (Å²) in [5.41, 5.74) is 0.861. The van der Waals surface area contributed by atoms with E-state index < -0.39 is 0 Å². The Kier molecular flexibility index (Phi) is 2.76. The van der Waals surface area contributed by atoms with Crippen LogP contribution < -0.4 is 0 Å². The van der Waals surface area contributed by atoms with Crippen LogP contribution in [-0.4, -0.2) is 5.12 Å². The molecule has 0 aromatic carbocycles. The highest BCUT2D eigenvalue weighted by Gasteiger charge is 1.90. The Bertz CT molecular complexity index is 84.3. The second-order valence-corrected chi connectivity index (χ2v) is 2.03. The van der Waals surface area contributed by atoms with E-state index >= 15 is 0 Å². The highest BCUT2D eigenvalue weighted by Crippen LogP contribution is 1.97. The van der Waals surface area contributed by atoms with Crippen molar-refractivity contribution in [2.45, 2.75) is 13.3 Å². The van der Waals surface area contributed by atoms with Crippen LogP contribution in [0.3, 0.4) is 0 Å². The van der Waals surface area contributed by atoms with Gasteiger partial charge >= 0.3 is 0 Å². The maximum atomic E-state index is 10.1. The van der Waals surface area contributed by atoms with Gasteiger partial charge in [0.05, 0.1) is 0 Å². The van der Waals surface area contributed by atoms with Crippen LogP contribution in [0.1, 0.15) is 13.3 Å². The van der Waals surface area contributed by atoms with Crippen LogP contribution in [0.25, 0.3) is 0 Å². The van der Waals surface area contributed by atoms with Gasteiger partial charge in [0.2, 0.25) is 0 Å². The number of hydrogen-bond acceptors (Lipinski definition) is 1. The van der Waals surface area contributed by atoms with Crippen LogP contribution in [0.2, 0.25) is 0 Å². The summed E-state index contributed by atoms with van der Waals surface area (Å²) in [5.74, 6) is 0. The summed E-state index contributed by atoms with van der Waals surface area (Å²) in [4.78, 5) is 10.1. The first-order valence-corrected chi connectivity index (χ1v) is 2.44. The molecule has 0 amide bonds. The Morgan fingerprint density at radius 1 is 1.86 bits per heavy atom. The van der Waals surface area contributed by atoms with Crippen molar-refractivity contribution in [3.8, 4) is 0 Å². The molecule has 0 aromatic rings. The van der Waals surface area contributed by atoms with Crippen LogP contribution in [0.15, 0.2) is 12.2 Å². The molecule has 40 valence electrons. The SMILES string of the molecule is C=C(C)CC(=O)S. The minimum Gasteiger partial charge on any atom is -0.287 e. The minimum absolute atomic E-state index is 0.118. The number of rotatable bonds is 2. The summed E-state index contributed by atoms with van der Waals surface area (Å²) >= 11 is 3.54. The predicted octanol–water partition coefficient (Wildman–Crippen LogP) is 1.41.